The van der Waals surface area contributed by atoms with Crippen LogP contribution in [-0.4, -0.2) is 19.6 Å². The lowest BCUT2D eigenvalue weighted by Gasteiger charge is -2.11. The number of benzene rings is 2. The van der Waals surface area contributed by atoms with Crippen molar-refractivity contribution in [2.75, 3.05) is 19.0 Å². The van der Waals surface area contributed by atoms with Gasteiger partial charge in [0.25, 0.3) is 5.91 Å². The Hall–Kier alpha value is -1.85. The van der Waals surface area contributed by atoms with Crippen molar-refractivity contribution in [1.82, 2.24) is 0 Å². The molecule has 116 valence electrons. The predicted molar refractivity (Wildman–Crippen MR) is 90.4 cm³/mol. The van der Waals surface area contributed by atoms with Gasteiger partial charge in [-0.1, -0.05) is 15.9 Å². The van der Waals surface area contributed by atoms with Crippen LogP contribution in [-0.2, 0) is 11.3 Å². The van der Waals surface area contributed by atoms with Crippen LogP contribution in [0.4, 0.5) is 5.69 Å². The van der Waals surface area contributed by atoms with Crippen LogP contribution in [0.2, 0.25) is 0 Å². The van der Waals surface area contributed by atoms with Gasteiger partial charge < -0.3 is 14.8 Å². The summed E-state index contributed by atoms with van der Waals surface area (Å²) in [4.78, 5) is 12.3. The van der Waals surface area contributed by atoms with E-state index >= 15 is 0 Å². The van der Waals surface area contributed by atoms with Crippen molar-refractivity contribution in [2.45, 2.75) is 13.5 Å². The molecule has 0 saturated heterocycles. The summed E-state index contributed by atoms with van der Waals surface area (Å²) in [5.74, 6) is 0.552. The average molecular weight is 364 g/mol. The second-order valence-electron chi connectivity index (χ2n) is 4.62. The molecule has 0 saturated carbocycles. The van der Waals surface area contributed by atoms with Gasteiger partial charge in [-0.25, -0.2) is 0 Å². The van der Waals surface area contributed by atoms with Gasteiger partial charge in [0.2, 0.25) is 0 Å². The molecule has 4 nitrogen and oxygen atoms in total. The van der Waals surface area contributed by atoms with Crippen molar-refractivity contribution in [3.63, 3.8) is 0 Å². The molecule has 2 rings (SSSR count). The van der Waals surface area contributed by atoms with Crippen LogP contribution in [0.3, 0.4) is 0 Å². The third-order valence-electron chi connectivity index (χ3n) is 3.11. The number of halogens is 1. The zero-order valence-corrected chi connectivity index (χ0v) is 14.1. The minimum Gasteiger partial charge on any atom is -0.496 e. The van der Waals surface area contributed by atoms with E-state index in [1.165, 1.54) is 0 Å². The van der Waals surface area contributed by atoms with Crippen molar-refractivity contribution in [3.05, 3.63) is 58.1 Å². The molecular weight excluding hydrogens is 346 g/mol. The van der Waals surface area contributed by atoms with Gasteiger partial charge in [-0.2, -0.15) is 0 Å². The van der Waals surface area contributed by atoms with E-state index in [1.54, 1.807) is 25.3 Å². The number of hydrogen-bond donors (Lipinski definition) is 1. The molecule has 2 aromatic rings. The topological polar surface area (TPSA) is 47.6 Å². The quantitative estimate of drug-likeness (QED) is 0.834. The summed E-state index contributed by atoms with van der Waals surface area (Å²) in [7, 11) is 1.60. The first-order valence-corrected chi connectivity index (χ1v) is 7.75. The molecule has 0 radical (unpaired) electrons. The summed E-state index contributed by atoms with van der Waals surface area (Å²) >= 11 is 3.37. The Balaban J connectivity index is 2.16. The average Bonchev–Trinajstić information content (AvgIpc) is 2.54. The lowest BCUT2D eigenvalue weighted by Crippen LogP contribution is -2.12. The predicted octanol–water partition coefficient (Wildman–Crippen LogP) is 4.25. The van der Waals surface area contributed by atoms with Crippen LogP contribution in [0.15, 0.2) is 46.9 Å². The Morgan fingerprint density at radius 3 is 2.55 bits per heavy atom. The van der Waals surface area contributed by atoms with Crippen molar-refractivity contribution in [2.24, 2.45) is 0 Å². The molecule has 0 aliphatic carbocycles. The minimum atomic E-state index is -0.164. The zero-order valence-electron chi connectivity index (χ0n) is 12.6. The Bertz CT molecular complexity index is 641. The normalized spacial score (nSPS) is 10.3. The minimum absolute atomic E-state index is 0.164. The van der Waals surface area contributed by atoms with E-state index in [1.807, 2.05) is 31.2 Å². The molecule has 1 amide bonds. The lowest BCUT2D eigenvalue weighted by molar-refractivity contribution is 0.102. The van der Waals surface area contributed by atoms with Gasteiger partial charge in [0.05, 0.1) is 13.7 Å². The van der Waals surface area contributed by atoms with E-state index in [0.717, 1.165) is 15.7 Å². The molecule has 0 unspecified atom stereocenters. The van der Waals surface area contributed by atoms with Crippen molar-refractivity contribution >= 4 is 27.5 Å². The second kappa shape index (κ2) is 7.96. The fraction of sp³-hybridized carbons (Fsp3) is 0.235. The molecule has 0 heterocycles. The first-order valence-electron chi connectivity index (χ1n) is 6.95. The third kappa shape index (κ3) is 4.32. The number of hydrogen-bond acceptors (Lipinski definition) is 3. The molecule has 22 heavy (non-hydrogen) atoms. The van der Waals surface area contributed by atoms with E-state index < -0.39 is 0 Å². The molecule has 0 spiro atoms. The number of rotatable bonds is 6. The van der Waals surface area contributed by atoms with E-state index in [0.29, 0.717) is 24.5 Å². The summed E-state index contributed by atoms with van der Waals surface area (Å²) in [5, 5.41) is 2.86. The van der Waals surface area contributed by atoms with Crippen LogP contribution < -0.4 is 10.1 Å². The van der Waals surface area contributed by atoms with Gasteiger partial charge in [-0.05, 0) is 49.4 Å². The molecular formula is C17H18BrNO3. The van der Waals surface area contributed by atoms with E-state index in [-0.39, 0.29) is 5.91 Å². The highest BCUT2D eigenvalue weighted by atomic mass is 79.9. The summed E-state index contributed by atoms with van der Waals surface area (Å²) in [6.07, 6.45) is 0. The smallest absolute Gasteiger partial charge is 0.255 e. The molecule has 0 fully saturated rings. The molecule has 0 aliphatic heterocycles. The Morgan fingerprint density at radius 1 is 1.18 bits per heavy atom. The first kappa shape index (κ1) is 16.5. The van der Waals surface area contributed by atoms with Crippen molar-refractivity contribution in [1.29, 1.82) is 0 Å². The van der Waals surface area contributed by atoms with Crippen molar-refractivity contribution < 1.29 is 14.3 Å². The molecule has 0 atom stereocenters. The Labute approximate surface area is 138 Å². The maximum Gasteiger partial charge on any atom is 0.255 e. The summed E-state index contributed by atoms with van der Waals surface area (Å²) < 4.78 is 11.7. The Morgan fingerprint density at radius 2 is 1.91 bits per heavy atom. The number of nitrogens with one attached hydrogen (secondary N) is 1. The van der Waals surface area contributed by atoms with Gasteiger partial charge in [0, 0.05) is 27.9 Å². The Kier molecular flexibility index (Phi) is 5.98. The molecule has 0 aliphatic rings. The zero-order chi connectivity index (χ0) is 15.9. The number of methoxy groups -OCH3 is 1. The maximum atomic E-state index is 12.3. The van der Waals surface area contributed by atoms with Crippen LogP contribution in [0.25, 0.3) is 0 Å². The van der Waals surface area contributed by atoms with Crippen LogP contribution in [0.5, 0.6) is 5.75 Å². The summed E-state index contributed by atoms with van der Waals surface area (Å²) in [6, 6.07) is 12.8. The largest absolute Gasteiger partial charge is 0.496 e. The lowest BCUT2D eigenvalue weighted by atomic mass is 10.1. The number of carbonyl (C=O) groups is 1. The highest BCUT2D eigenvalue weighted by Gasteiger charge is 2.10. The molecule has 1 N–H and O–H groups in total. The number of ether oxygens (including phenoxy) is 2. The second-order valence-corrected chi connectivity index (χ2v) is 5.54. The number of anilines is 1. The van der Waals surface area contributed by atoms with Crippen molar-refractivity contribution in [3.8, 4) is 5.75 Å². The third-order valence-corrected chi connectivity index (χ3v) is 3.64. The monoisotopic (exact) mass is 363 g/mol. The standard InChI is InChI=1S/C17H18BrNO3/c1-3-22-11-13-10-12(4-9-16(13)21-2)17(20)19-15-7-5-14(18)6-8-15/h4-10H,3,11H2,1-2H3,(H,19,20). The van der Waals surface area contributed by atoms with Gasteiger partial charge in [-0.15, -0.1) is 0 Å². The van der Waals surface area contributed by atoms with Crippen LogP contribution in [0, 0.1) is 0 Å². The van der Waals surface area contributed by atoms with Crippen LogP contribution in [0.1, 0.15) is 22.8 Å². The molecule has 0 aromatic heterocycles. The summed E-state index contributed by atoms with van der Waals surface area (Å²) in [6.45, 7) is 2.95. The molecule has 2 aromatic carbocycles. The van der Waals surface area contributed by atoms with E-state index in [9.17, 15) is 4.79 Å². The first-order chi connectivity index (χ1) is 10.6. The fourth-order valence-electron chi connectivity index (χ4n) is 1.98. The molecule has 5 heteroatoms. The highest BCUT2D eigenvalue weighted by Crippen LogP contribution is 2.22. The molecule has 0 bridgehead atoms. The van der Waals surface area contributed by atoms with Gasteiger partial charge in [0.1, 0.15) is 5.75 Å². The number of carbonyl (C=O) groups excluding carboxylic acids is 1. The van der Waals surface area contributed by atoms with Gasteiger partial charge in [-0.3, -0.25) is 4.79 Å². The van der Waals surface area contributed by atoms with E-state index in [2.05, 4.69) is 21.2 Å². The van der Waals surface area contributed by atoms with Gasteiger partial charge >= 0.3 is 0 Å². The maximum absolute atomic E-state index is 12.3. The van der Waals surface area contributed by atoms with E-state index in [4.69, 9.17) is 9.47 Å². The number of amides is 1. The summed E-state index contributed by atoms with van der Waals surface area (Å²) in [5.41, 5.74) is 2.17. The fourth-order valence-corrected chi connectivity index (χ4v) is 2.25. The van der Waals surface area contributed by atoms with Crippen LogP contribution >= 0.6 is 15.9 Å². The van der Waals surface area contributed by atoms with Gasteiger partial charge in [0.15, 0.2) is 0 Å². The SMILES string of the molecule is CCOCc1cc(C(=O)Nc2ccc(Br)cc2)ccc1OC. The highest BCUT2D eigenvalue weighted by molar-refractivity contribution is 9.10.